The van der Waals surface area contributed by atoms with Gasteiger partial charge in [0.05, 0.1) is 16.8 Å². The average Bonchev–Trinajstić information content (AvgIpc) is 3.72. The lowest BCUT2D eigenvalue weighted by Gasteiger charge is -2.27. The third kappa shape index (κ3) is 3.93. The van der Waals surface area contributed by atoms with Gasteiger partial charge in [-0.25, -0.2) is 0 Å². The minimum Gasteiger partial charge on any atom is -0.455 e. The molecule has 0 fully saturated rings. The highest BCUT2D eigenvalue weighted by Gasteiger charge is 2.24. The Morgan fingerprint density at radius 2 is 1.02 bits per heavy atom. The van der Waals surface area contributed by atoms with Crippen molar-refractivity contribution in [1.82, 2.24) is 0 Å². The molecule has 220 valence electrons. The van der Waals surface area contributed by atoms with Gasteiger partial charge in [0.2, 0.25) is 0 Å². The van der Waals surface area contributed by atoms with Crippen LogP contribution in [0.25, 0.3) is 76.5 Å². The molecular formula is C44H27NO2. The number of rotatable bonds is 4. The number of furan rings is 2. The zero-order chi connectivity index (χ0) is 30.9. The van der Waals surface area contributed by atoms with Crippen molar-refractivity contribution in [3.05, 3.63) is 164 Å². The van der Waals surface area contributed by atoms with Gasteiger partial charge in [-0.1, -0.05) is 121 Å². The fourth-order valence-corrected chi connectivity index (χ4v) is 7.33. The van der Waals surface area contributed by atoms with E-state index in [4.69, 9.17) is 8.83 Å². The summed E-state index contributed by atoms with van der Waals surface area (Å²) in [7, 11) is 0. The van der Waals surface area contributed by atoms with Gasteiger partial charge in [-0.05, 0) is 69.8 Å². The first-order valence-corrected chi connectivity index (χ1v) is 15.9. The highest BCUT2D eigenvalue weighted by molar-refractivity contribution is 6.20. The zero-order valence-corrected chi connectivity index (χ0v) is 25.4. The number of hydrogen-bond donors (Lipinski definition) is 0. The average molecular weight is 602 g/mol. The molecule has 0 unspecified atom stereocenters. The number of anilines is 3. The van der Waals surface area contributed by atoms with E-state index in [1.54, 1.807) is 0 Å². The van der Waals surface area contributed by atoms with E-state index < -0.39 is 0 Å². The second-order valence-electron chi connectivity index (χ2n) is 12.1. The number of hydrogen-bond acceptors (Lipinski definition) is 3. The minimum absolute atomic E-state index is 0.847. The second-order valence-corrected chi connectivity index (χ2v) is 12.1. The van der Waals surface area contributed by atoms with Crippen molar-refractivity contribution >= 4 is 82.5 Å². The summed E-state index contributed by atoms with van der Waals surface area (Å²) in [5, 5.41) is 9.06. The Labute approximate surface area is 270 Å². The quantitative estimate of drug-likeness (QED) is 0.201. The molecule has 0 bridgehead atoms. The van der Waals surface area contributed by atoms with Crippen LogP contribution in [-0.4, -0.2) is 0 Å². The third-order valence-corrected chi connectivity index (χ3v) is 9.44. The SMILES string of the molecule is c1cc(-c2cccc3ccccc23)cc(N(c2cccc3c2oc2ccccc23)c2cccc3oc4c5ccccc5ccc4c23)c1. The number of nitrogens with zero attached hydrogens (tertiary/aromatic N) is 1. The van der Waals surface area contributed by atoms with Gasteiger partial charge in [-0.2, -0.15) is 0 Å². The smallest absolute Gasteiger partial charge is 0.159 e. The highest BCUT2D eigenvalue weighted by Crippen LogP contribution is 2.47. The lowest BCUT2D eigenvalue weighted by molar-refractivity contribution is 0.669. The van der Waals surface area contributed by atoms with Crippen LogP contribution in [0.2, 0.25) is 0 Å². The van der Waals surface area contributed by atoms with Crippen LogP contribution in [0, 0.1) is 0 Å². The standard InChI is InChI=1S/C44H27NO2/c1-3-16-32-28(11-1)13-8-19-33(32)30-14-7-15-31(27-30)45(39-22-9-20-36-35-18-5-6-23-40(35)46-44(36)39)38-21-10-24-41-42(38)37-26-25-29-12-2-4-17-34(29)43(37)47-41/h1-27H. The molecule has 2 aromatic heterocycles. The van der Waals surface area contributed by atoms with E-state index in [1.807, 2.05) is 12.1 Å². The molecule has 0 aliphatic heterocycles. The Bertz CT molecular complexity index is 2820. The fraction of sp³-hybridized carbons (Fsp3) is 0. The van der Waals surface area contributed by atoms with E-state index in [0.717, 1.165) is 77.3 Å². The summed E-state index contributed by atoms with van der Waals surface area (Å²) < 4.78 is 13.3. The van der Waals surface area contributed by atoms with E-state index >= 15 is 0 Å². The van der Waals surface area contributed by atoms with Crippen molar-refractivity contribution in [2.24, 2.45) is 0 Å². The van der Waals surface area contributed by atoms with Crippen LogP contribution >= 0.6 is 0 Å². The molecule has 0 spiro atoms. The maximum absolute atomic E-state index is 6.65. The first kappa shape index (κ1) is 26.0. The summed E-state index contributed by atoms with van der Waals surface area (Å²) >= 11 is 0. The van der Waals surface area contributed by atoms with Crippen molar-refractivity contribution in [2.75, 3.05) is 4.90 Å². The summed E-state index contributed by atoms with van der Waals surface area (Å²) in [6, 6.07) is 57.8. The predicted octanol–water partition coefficient (Wildman–Crippen LogP) is 12.9. The number of para-hydroxylation sites is 2. The Kier molecular flexibility index (Phi) is 5.57. The fourth-order valence-electron chi connectivity index (χ4n) is 7.33. The number of fused-ring (bicyclic) bond motifs is 9. The molecule has 0 radical (unpaired) electrons. The Hall–Kier alpha value is -6.32. The maximum atomic E-state index is 6.65. The van der Waals surface area contributed by atoms with E-state index in [0.29, 0.717) is 0 Å². The van der Waals surface area contributed by atoms with Crippen LogP contribution in [0.4, 0.5) is 17.1 Å². The monoisotopic (exact) mass is 601 g/mol. The summed E-state index contributed by atoms with van der Waals surface area (Å²) in [6.45, 7) is 0. The molecule has 0 saturated heterocycles. The summed E-state index contributed by atoms with van der Waals surface area (Å²) in [5.74, 6) is 0. The van der Waals surface area contributed by atoms with Crippen LogP contribution in [0.1, 0.15) is 0 Å². The zero-order valence-electron chi connectivity index (χ0n) is 25.4. The summed E-state index contributed by atoms with van der Waals surface area (Å²) in [5.41, 5.74) is 8.85. The Morgan fingerprint density at radius 1 is 0.383 bits per heavy atom. The summed E-state index contributed by atoms with van der Waals surface area (Å²) in [4.78, 5) is 2.34. The molecule has 0 aliphatic carbocycles. The van der Waals surface area contributed by atoms with Crippen molar-refractivity contribution in [3.63, 3.8) is 0 Å². The summed E-state index contributed by atoms with van der Waals surface area (Å²) in [6.07, 6.45) is 0. The van der Waals surface area contributed by atoms with Crippen LogP contribution in [0.3, 0.4) is 0 Å². The molecule has 47 heavy (non-hydrogen) atoms. The Balaban J connectivity index is 1.29. The van der Waals surface area contributed by atoms with Crippen molar-refractivity contribution in [1.29, 1.82) is 0 Å². The lowest BCUT2D eigenvalue weighted by Crippen LogP contribution is -2.10. The molecule has 3 nitrogen and oxygen atoms in total. The molecule has 8 aromatic carbocycles. The van der Waals surface area contributed by atoms with Gasteiger partial charge in [0.15, 0.2) is 5.58 Å². The predicted molar refractivity (Wildman–Crippen MR) is 196 cm³/mol. The van der Waals surface area contributed by atoms with Gasteiger partial charge < -0.3 is 13.7 Å². The maximum Gasteiger partial charge on any atom is 0.159 e. The van der Waals surface area contributed by atoms with Gasteiger partial charge in [0.25, 0.3) is 0 Å². The molecule has 0 amide bonds. The molecule has 3 heteroatoms. The molecule has 10 aromatic rings. The largest absolute Gasteiger partial charge is 0.455 e. The van der Waals surface area contributed by atoms with E-state index in [-0.39, 0.29) is 0 Å². The topological polar surface area (TPSA) is 29.5 Å². The Morgan fingerprint density at radius 3 is 1.94 bits per heavy atom. The van der Waals surface area contributed by atoms with Crippen LogP contribution in [-0.2, 0) is 0 Å². The van der Waals surface area contributed by atoms with Gasteiger partial charge in [-0.3, -0.25) is 0 Å². The molecule has 10 rings (SSSR count). The third-order valence-electron chi connectivity index (χ3n) is 9.44. The number of benzene rings is 8. The first-order valence-electron chi connectivity index (χ1n) is 15.9. The molecule has 0 N–H and O–H groups in total. The minimum atomic E-state index is 0.847. The lowest BCUT2D eigenvalue weighted by atomic mass is 9.97. The van der Waals surface area contributed by atoms with Gasteiger partial charge in [0, 0.05) is 27.2 Å². The molecule has 2 heterocycles. The van der Waals surface area contributed by atoms with Gasteiger partial charge in [0.1, 0.15) is 16.7 Å². The van der Waals surface area contributed by atoms with Crippen LogP contribution < -0.4 is 4.90 Å². The highest BCUT2D eigenvalue weighted by atomic mass is 16.3. The van der Waals surface area contributed by atoms with Crippen LogP contribution in [0.15, 0.2) is 173 Å². The molecule has 0 aliphatic rings. The first-order chi connectivity index (χ1) is 23.3. The van der Waals surface area contributed by atoms with Crippen molar-refractivity contribution in [3.8, 4) is 11.1 Å². The molecule has 0 atom stereocenters. The van der Waals surface area contributed by atoms with E-state index in [2.05, 4.69) is 157 Å². The normalized spacial score (nSPS) is 11.8. The van der Waals surface area contributed by atoms with Crippen molar-refractivity contribution in [2.45, 2.75) is 0 Å². The van der Waals surface area contributed by atoms with Gasteiger partial charge >= 0.3 is 0 Å². The van der Waals surface area contributed by atoms with E-state index in [9.17, 15) is 0 Å². The van der Waals surface area contributed by atoms with Crippen molar-refractivity contribution < 1.29 is 8.83 Å². The second kappa shape index (κ2) is 10.1. The molecular weight excluding hydrogens is 574 g/mol. The van der Waals surface area contributed by atoms with E-state index in [1.165, 1.54) is 16.3 Å². The van der Waals surface area contributed by atoms with Crippen LogP contribution in [0.5, 0.6) is 0 Å². The van der Waals surface area contributed by atoms with Gasteiger partial charge in [-0.15, -0.1) is 0 Å². The molecule has 0 saturated carbocycles.